The maximum Gasteiger partial charge on any atom is 0.278 e. The smallest absolute Gasteiger partial charge is 0.278 e. The number of nitrogens with zero attached hydrogens (tertiary/aromatic N) is 5. The molecular weight excluding hydrogens is 458 g/mol. The Balaban J connectivity index is 1.78. The summed E-state index contributed by atoms with van der Waals surface area (Å²) in [5, 5.41) is 17.6. The number of fused-ring (bicyclic) bond motifs is 1. The fraction of sp³-hybridized carbons (Fsp3) is 0.444. The third kappa shape index (κ3) is 4.92. The average molecular weight is 482 g/mol. The van der Waals surface area contributed by atoms with E-state index < -0.39 is 29.2 Å². The number of quaternary nitrogens is 1. The van der Waals surface area contributed by atoms with E-state index in [9.17, 15) is 19.5 Å². The molecule has 0 saturated carbocycles. The lowest BCUT2D eigenvalue weighted by Gasteiger charge is -2.50. The molecule has 0 aliphatic carbocycles. The Hall–Kier alpha value is -2.97. The fourth-order valence-corrected chi connectivity index (χ4v) is 4.84. The summed E-state index contributed by atoms with van der Waals surface area (Å²) in [6.07, 6.45) is 3.57. The number of nitrogens with two attached hydrogens (primary N) is 1. The van der Waals surface area contributed by atoms with Gasteiger partial charge in [-0.05, 0) is 11.6 Å². The largest absolute Gasteiger partial charge is 0.543 e. The highest BCUT2D eigenvalue weighted by Crippen LogP contribution is 2.40. The summed E-state index contributed by atoms with van der Waals surface area (Å²) in [6.45, 7) is 0.682. The monoisotopic (exact) mass is 481 g/mol. The van der Waals surface area contributed by atoms with Gasteiger partial charge in [0.2, 0.25) is 11.5 Å². The molecule has 0 aromatic carbocycles. The molecule has 2 aliphatic heterocycles. The van der Waals surface area contributed by atoms with E-state index in [0.717, 1.165) is 16.4 Å². The predicted molar refractivity (Wildman–Crippen MR) is 117 cm³/mol. The van der Waals surface area contributed by atoms with E-state index in [-0.39, 0.29) is 22.4 Å². The molecule has 2 atom stereocenters. The first-order chi connectivity index (χ1) is 15.0. The molecule has 1 fully saturated rings. The van der Waals surface area contributed by atoms with Crippen LogP contribution in [-0.2, 0) is 19.2 Å². The van der Waals surface area contributed by atoms with Gasteiger partial charge in [0.1, 0.15) is 18.5 Å². The second-order valence-corrected chi connectivity index (χ2v) is 9.86. The van der Waals surface area contributed by atoms with E-state index in [2.05, 4.69) is 24.7 Å². The predicted octanol–water partition coefficient (Wildman–Crippen LogP) is -1.86. The minimum Gasteiger partial charge on any atom is -0.543 e. The van der Waals surface area contributed by atoms with Crippen LogP contribution in [0.1, 0.15) is 5.82 Å². The van der Waals surface area contributed by atoms with E-state index in [1.54, 1.807) is 6.08 Å². The zero-order chi connectivity index (χ0) is 23.6. The van der Waals surface area contributed by atoms with Gasteiger partial charge in [0.25, 0.3) is 11.8 Å². The lowest BCUT2D eigenvalue weighted by Crippen LogP contribution is -2.71. The first-order valence-electron chi connectivity index (χ1n) is 9.41. The topological polar surface area (TPSA) is 163 Å². The number of allylic oxidation sites excluding steroid dienone is 1. The third-order valence-corrected chi connectivity index (χ3v) is 6.35. The number of anilines is 1. The quantitative estimate of drug-likeness (QED) is 0.187. The number of aromatic nitrogens is 2. The van der Waals surface area contributed by atoms with Gasteiger partial charge in [-0.1, -0.05) is 11.2 Å². The molecule has 0 spiro atoms. The van der Waals surface area contributed by atoms with Gasteiger partial charge in [-0.3, -0.25) is 14.5 Å². The molecule has 14 heteroatoms. The Labute approximate surface area is 192 Å². The average Bonchev–Trinajstić information content (AvgIpc) is 3.14. The number of aliphatic carboxylic acids is 1. The Morgan fingerprint density at radius 3 is 2.72 bits per heavy atom. The van der Waals surface area contributed by atoms with Crippen LogP contribution in [0.5, 0.6) is 0 Å². The molecule has 0 radical (unpaired) electrons. The van der Waals surface area contributed by atoms with Gasteiger partial charge in [-0.2, -0.15) is 9.36 Å². The summed E-state index contributed by atoms with van der Waals surface area (Å²) in [5.74, 6) is -2.43. The van der Waals surface area contributed by atoms with E-state index in [1.807, 2.05) is 27.2 Å². The summed E-state index contributed by atoms with van der Waals surface area (Å²) in [5.41, 5.74) is 5.62. The molecule has 1 saturated heterocycles. The van der Waals surface area contributed by atoms with E-state index >= 15 is 0 Å². The molecule has 2 amide bonds. The Morgan fingerprint density at radius 1 is 1.44 bits per heavy atom. The van der Waals surface area contributed by atoms with Crippen LogP contribution < -0.4 is 16.2 Å². The highest BCUT2D eigenvalue weighted by Gasteiger charge is 2.53. The van der Waals surface area contributed by atoms with Gasteiger partial charge in [0.15, 0.2) is 5.13 Å². The molecular formula is C18H23N7O5S2. The number of rotatable bonds is 8. The molecule has 172 valence electrons. The van der Waals surface area contributed by atoms with Crippen LogP contribution in [-0.4, -0.2) is 94.2 Å². The van der Waals surface area contributed by atoms with Crippen LogP contribution in [0.15, 0.2) is 28.6 Å². The Kier molecular flexibility index (Phi) is 6.85. The Bertz CT molecular complexity index is 1030. The van der Waals surface area contributed by atoms with Crippen LogP contribution in [0.3, 0.4) is 0 Å². The number of carbonyl (C=O) groups excluding carboxylic acids is 3. The maximum atomic E-state index is 12.8. The van der Waals surface area contributed by atoms with Crippen molar-refractivity contribution >= 4 is 51.9 Å². The van der Waals surface area contributed by atoms with Crippen molar-refractivity contribution in [3.05, 3.63) is 29.2 Å². The molecule has 3 rings (SSSR count). The van der Waals surface area contributed by atoms with Crippen molar-refractivity contribution in [2.45, 2.75) is 11.4 Å². The lowest BCUT2D eigenvalue weighted by atomic mass is 10.0. The normalized spacial score (nSPS) is 21.4. The van der Waals surface area contributed by atoms with Gasteiger partial charge < -0.3 is 30.3 Å². The molecule has 3 N–H and O–H groups in total. The zero-order valence-corrected chi connectivity index (χ0v) is 19.5. The maximum absolute atomic E-state index is 12.8. The minimum absolute atomic E-state index is 0.0354. The van der Waals surface area contributed by atoms with Crippen molar-refractivity contribution in [1.82, 2.24) is 19.6 Å². The number of hydrogen-bond donors (Lipinski definition) is 2. The van der Waals surface area contributed by atoms with Crippen LogP contribution in [0.4, 0.5) is 5.13 Å². The number of nitrogens with one attached hydrogen (secondary N) is 1. The second-order valence-electron chi connectivity index (χ2n) is 7.98. The number of carboxylic acids is 1. The highest BCUT2D eigenvalue weighted by molar-refractivity contribution is 8.00. The first kappa shape index (κ1) is 23.7. The summed E-state index contributed by atoms with van der Waals surface area (Å²) in [4.78, 5) is 47.0. The number of oxime groups is 1. The van der Waals surface area contributed by atoms with Gasteiger partial charge in [-0.25, -0.2) is 0 Å². The van der Waals surface area contributed by atoms with Crippen molar-refractivity contribution in [3.8, 4) is 0 Å². The molecule has 0 bridgehead atoms. The van der Waals surface area contributed by atoms with Gasteiger partial charge in [0.05, 0.1) is 39.4 Å². The van der Waals surface area contributed by atoms with Gasteiger partial charge >= 0.3 is 0 Å². The number of β-lactam (4-membered cyclic amide) rings is 1. The molecule has 3 heterocycles. The molecule has 1 unspecified atom stereocenters. The number of likely N-dealkylation sites (N-methyl/N-ethyl adjacent to an activating group) is 1. The summed E-state index contributed by atoms with van der Waals surface area (Å²) >= 11 is 2.22. The van der Waals surface area contributed by atoms with Crippen molar-refractivity contribution in [2.24, 2.45) is 5.16 Å². The van der Waals surface area contributed by atoms with Crippen LogP contribution in [0, 0.1) is 0 Å². The highest BCUT2D eigenvalue weighted by atomic mass is 32.2. The molecule has 2 aliphatic rings. The van der Waals surface area contributed by atoms with Crippen molar-refractivity contribution in [1.29, 1.82) is 0 Å². The Morgan fingerprint density at radius 2 is 2.16 bits per heavy atom. The number of thioether (sulfide) groups is 1. The number of carboxylic acid groups (broad SMARTS) is 1. The van der Waals surface area contributed by atoms with Crippen molar-refractivity contribution in [2.75, 3.05) is 46.3 Å². The van der Waals surface area contributed by atoms with Crippen molar-refractivity contribution < 1.29 is 28.8 Å². The molecule has 32 heavy (non-hydrogen) atoms. The number of carbonyl (C=O) groups is 3. The molecule has 1 aromatic rings. The van der Waals surface area contributed by atoms with Gasteiger partial charge in [-0.15, -0.1) is 11.8 Å². The minimum atomic E-state index is -1.44. The molecule has 1 aromatic heterocycles. The summed E-state index contributed by atoms with van der Waals surface area (Å²) in [6, 6.07) is -0.948. The van der Waals surface area contributed by atoms with Gasteiger partial charge in [0, 0.05) is 17.3 Å². The number of amides is 2. The second kappa shape index (κ2) is 9.26. The number of nitrogen functional groups attached to an aromatic ring is 1. The lowest BCUT2D eigenvalue weighted by molar-refractivity contribution is -0.864. The standard InChI is InChI=1S/C18H23N7O5S2/c1-25(2,3)7-5-6-9-8-31-16-11(15(27)24(16)12(9)17(28)29)20-14(26)10(22-30-4)13-21-18(19)32-23-13/h5-6,11,16H,7-8H2,1-4H3,(H3-,19,20,21,23,26,28,29)/t11?,16-/m0/s1. The zero-order valence-electron chi connectivity index (χ0n) is 17.9. The van der Waals surface area contributed by atoms with Crippen LogP contribution in [0.2, 0.25) is 0 Å². The fourth-order valence-electron chi connectivity index (χ4n) is 3.09. The summed E-state index contributed by atoms with van der Waals surface area (Å²) < 4.78 is 4.60. The first-order valence-corrected chi connectivity index (χ1v) is 11.2. The van der Waals surface area contributed by atoms with Crippen LogP contribution in [0.25, 0.3) is 0 Å². The summed E-state index contributed by atoms with van der Waals surface area (Å²) in [7, 11) is 7.27. The van der Waals surface area contributed by atoms with Crippen molar-refractivity contribution in [3.63, 3.8) is 0 Å². The SMILES string of the molecule is CON=C(C(=O)NC1C(=O)N2C(C(=O)[O-])=C(C=CC[N+](C)(C)C)CS[C@@H]12)c1nsc(N)n1. The molecule has 12 nitrogen and oxygen atoms in total. The third-order valence-electron chi connectivity index (χ3n) is 4.50. The number of hydrogen-bond acceptors (Lipinski definition) is 11. The van der Waals surface area contributed by atoms with Crippen LogP contribution >= 0.6 is 23.3 Å². The van der Waals surface area contributed by atoms with E-state index in [4.69, 9.17) is 5.73 Å². The van der Waals surface area contributed by atoms with E-state index in [1.165, 1.54) is 18.9 Å². The van der Waals surface area contributed by atoms with E-state index in [0.29, 0.717) is 22.4 Å².